The summed E-state index contributed by atoms with van der Waals surface area (Å²) in [5.41, 5.74) is 26.3. The first-order chi connectivity index (χ1) is 39.3. The predicted octanol–water partition coefficient (Wildman–Crippen LogP) is 19.8. The van der Waals surface area contributed by atoms with E-state index in [2.05, 4.69) is 307 Å². The number of anilines is 9. The fourth-order valence-electron chi connectivity index (χ4n) is 14.4. The molecule has 0 radical (unpaired) electrons. The quantitative estimate of drug-likeness (QED) is 0.154. The molecule has 3 aliphatic heterocycles. The van der Waals surface area contributed by atoms with E-state index in [0.29, 0.717) is 0 Å². The van der Waals surface area contributed by atoms with Crippen LogP contribution in [0.15, 0.2) is 188 Å². The van der Waals surface area contributed by atoms with Gasteiger partial charge in [0.15, 0.2) is 0 Å². The van der Waals surface area contributed by atoms with Crippen molar-refractivity contribution in [1.29, 1.82) is 0 Å². The molecule has 10 aromatic rings. The summed E-state index contributed by atoms with van der Waals surface area (Å²) in [6, 6.07) is 72.6. The Bertz CT molecular complexity index is 4280. The summed E-state index contributed by atoms with van der Waals surface area (Å²) in [4.78, 5) is 7.72. The van der Waals surface area contributed by atoms with E-state index in [1.165, 1.54) is 110 Å². The van der Waals surface area contributed by atoms with Gasteiger partial charge in [-0.3, -0.25) is 0 Å². The van der Waals surface area contributed by atoms with E-state index in [4.69, 9.17) is 4.74 Å². The summed E-state index contributed by atoms with van der Waals surface area (Å²) in [6.45, 7) is 34.4. The molecule has 0 N–H and O–H groups in total. The zero-order valence-electron chi connectivity index (χ0n) is 51.1. The molecule has 9 aromatic carbocycles. The van der Waals surface area contributed by atoms with Crippen molar-refractivity contribution in [2.45, 2.75) is 137 Å². The first-order valence-electron chi connectivity index (χ1n) is 29.9. The third kappa shape index (κ3) is 8.32. The molecule has 4 aliphatic rings. The van der Waals surface area contributed by atoms with E-state index in [9.17, 15) is 0 Å². The molecule has 14 rings (SSSR count). The van der Waals surface area contributed by atoms with Gasteiger partial charge in [0.25, 0.3) is 6.71 Å². The van der Waals surface area contributed by atoms with Crippen molar-refractivity contribution in [2.24, 2.45) is 0 Å². The number of ether oxygens (including phenoxy) is 1. The summed E-state index contributed by atoms with van der Waals surface area (Å²) in [5.74, 6) is 0. The number of hydrogen-bond acceptors (Lipinski definition) is 5. The standard InChI is InChI=1S/C77H76BN3OS/c1-72(2,3)48-28-33-51(34-29-48)79(64-41-32-50(74(7,8)9)42-56(64)47-22-17-16-18-23-47)54-38-40-63-67(44-54)80(52-35-30-49(31-36-52)73(4,5)6)65-26-21-27-66-69(65)78(63)71-70(81(66)53-37-39-60-62(43-53)77(14,15)82-76(60,12)13)58-45-57-55-24-19-20-25-59(55)75(10,11)61(57)46-68(58)83-71/h16-46H,1-15H3. The van der Waals surface area contributed by atoms with Crippen molar-refractivity contribution in [3.63, 3.8) is 0 Å². The predicted molar refractivity (Wildman–Crippen MR) is 357 cm³/mol. The molecule has 4 heterocycles. The number of nitrogens with zero attached hydrogens (tertiary/aromatic N) is 3. The summed E-state index contributed by atoms with van der Waals surface area (Å²) < 4.78 is 9.54. The van der Waals surface area contributed by atoms with Gasteiger partial charge in [-0.15, -0.1) is 11.3 Å². The van der Waals surface area contributed by atoms with Crippen molar-refractivity contribution in [3.05, 3.63) is 227 Å². The lowest BCUT2D eigenvalue weighted by Crippen LogP contribution is -2.60. The Labute approximate surface area is 497 Å². The van der Waals surface area contributed by atoms with Crippen molar-refractivity contribution < 1.29 is 4.74 Å². The van der Waals surface area contributed by atoms with E-state index in [1.807, 2.05) is 11.3 Å². The second kappa shape index (κ2) is 18.2. The molecule has 0 unspecified atom stereocenters. The second-order valence-electron chi connectivity index (χ2n) is 28.6. The van der Waals surface area contributed by atoms with E-state index >= 15 is 0 Å². The largest absolute Gasteiger partial charge is 0.360 e. The Hall–Kier alpha value is -7.64. The second-order valence-corrected chi connectivity index (χ2v) is 29.6. The van der Waals surface area contributed by atoms with E-state index < -0.39 is 11.2 Å². The molecule has 0 saturated heterocycles. The van der Waals surface area contributed by atoms with Gasteiger partial charge in [-0.25, -0.2) is 0 Å². The highest BCUT2D eigenvalue weighted by atomic mass is 32.1. The highest BCUT2D eigenvalue weighted by molar-refractivity contribution is 7.33. The Morgan fingerprint density at radius 2 is 1.05 bits per heavy atom. The Balaban J connectivity index is 1.06. The fourth-order valence-corrected chi connectivity index (χ4v) is 15.8. The molecule has 1 aromatic heterocycles. The molecule has 0 fully saturated rings. The molecule has 0 atom stereocenters. The van der Waals surface area contributed by atoms with Crippen LogP contribution in [0.3, 0.4) is 0 Å². The molecule has 414 valence electrons. The van der Waals surface area contributed by atoms with Gasteiger partial charge in [0, 0.05) is 65.7 Å². The molecule has 0 saturated carbocycles. The SMILES string of the molecule is CC(C)(C)c1ccc(N(c2ccc3c(c2)N(c2ccc(C(C)(C)C)cc2)c2cccc4c2B3c2sc3cc5c(cc3c2N4c2ccc3c(c2)C(C)(C)OC3(C)C)-c2ccccc2C5(C)C)c2ccc(C(C)(C)C)cc2-c2ccccc2)cc1. The van der Waals surface area contributed by atoms with Crippen LogP contribution in [0.5, 0.6) is 0 Å². The van der Waals surface area contributed by atoms with Gasteiger partial charge in [-0.2, -0.15) is 0 Å². The van der Waals surface area contributed by atoms with Crippen LogP contribution in [-0.4, -0.2) is 6.71 Å². The number of fused-ring (bicyclic) bond motifs is 10. The number of thiophene rings is 1. The molecule has 4 nitrogen and oxygen atoms in total. The Morgan fingerprint density at radius 1 is 0.446 bits per heavy atom. The third-order valence-electron chi connectivity index (χ3n) is 18.8. The minimum Gasteiger partial charge on any atom is -0.360 e. The number of hydrogen-bond donors (Lipinski definition) is 0. The van der Waals surface area contributed by atoms with Crippen LogP contribution < -0.4 is 30.4 Å². The van der Waals surface area contributed by atoms with Crippen molar-refractivity contribution in [2.75, 3.05) is 14.7 Å². The van der Waals surface area contributed by atoms with Crippen LogP contribution in [0.4, 0.5) is 51.2 Å². The van der Waals surface area contributed by atoms with Gasteiger partial charge < -0.3 is 19.4 Å². The zero-order valence-corrected chi connectivity index (χ0v) is 51.9. The Kier molecular flexibility index (Phi) is 11.7. The zero-order chi connectivity index (χ0) is 58.1. The molecule has 0 spiro atoms. The molecule has 83 heavy (non-hydrogen) atoms. The maximum atomic E-state index is 6.86. The first-order valence-corrected chi connectivity index (χ1v) is 30.8. The van der Waals surface area contributed by atoms with Crippen molar-refractivity contribution in [3.8, 4) is 22.3 Å². The number of benzene rings is 9. The highest BCUT2D eigenvalue weighted by Gasteiger charge is 2.48. The molecule has 0 amide bonds. The average Bonchev–Trinajstić information content (AvgIpc) is 1.95. The maximum absolute atomic E-state index is 6.86. The topological polar surface area (TPSA) is 19.0 Å². The van der Waals surface area contributed by atoms with Gasteiger partial charge >= 0.3 is 0 Å². The molecule has 6 heteroatoms. The third-order valence-corrected chi connectivity index (χ3v) is 20.0. The van der Waals surface area contributed by atoms with Crippen LogP contribution >= 0.6 is 11.3 Å². The van der Waals surface area contributed by atoms with Gasteiger partial charge in [-0.05, 0) is 195 Å². The van der Waals surface area contributed by atoms with Crippen LogP contribution in [0.25, 0.3) is 32.3 Å². The van der Waals surface area contributed by atoms with E-state index in [0.717, 1.165) is 28.4 Å². The van der Waals surface area contributed by atoms with Crippen LogP contribution in [0, 0.1) is 0 Å². The van der Waals surface area contributed by atoms with E-state index in [1.54, 1.807) is 0 Å². The highest BCUT2D eigenvalue weighted by Crippen LogP contribution is 2.56. The minimum atomic E-state index is -0.468. The maximum Gasteiger partial charge on any atom is 0.264 e. The Morgan fingerprint density at radius 3 is 1.73 bits per heavy atom. The van der Waals surface area contributed by atoms with Crippen molar-refractivity contribution in [1.82, 2.24) is 0 Å². The van der Waals surface area contributed by atoms with Crippen LogP contribution in [-0.2, 0) is 37.6 Å². The van der Waals surface area contributed by atoms with Crippen LogP contribution in [0.2, 0.25) is 0 Å². The summed E-state index contributed by atoms with van der Waals surface area (Å²) in [5, 5.41) is 1.29. The minimum absolute atomic E-state index is 0.00169. The van der Waals surface area contributed by atoms with Gasteiger partial charge in [0.1, 0.15) is 0 Å². The normalized spacial score (nSPS) is 16.1. The van der Waals surface area contributed by atoms with Gasteiger partial charge in [-0.1, -0.05) is 179 Å². The lowest BCUT2D eigenvalue weighted by molar-refractivity contribution is -0.105. The lowest BCUT2D eigenvalue weighted by atomic mass is 9.36. The van der Waals surface area contributed by atoms with E-state index in [-0.39, 0.29) is 28.4 Å². The number of rotatable bonds is 6. The summed E-state index contributed by atoms with van der Waals surface area (Å²) >= 11 is 1.99. The molecular formula is C77H76BN3OS. The first kappa shape index (κ1) is 53.4. The monoisotopic (exact) mass is 1100 g/mol. The van der Waals surface area contributed by atoms with Crippen molar-refractivity contribution >= 4 is 95.0 Å². The summed E-state index contributed by atoms with van der Waals surface area (Å²) in [6.07, 6.45) is 0. The van der Waals surface area contributed by atoms with Gasteiger partial charge in [0.2, 0.25) is 0 Å². The fraction of sp³-hybridized carbons (Fsp3) is 0.273. The smallest absolute Gasteiger partial charge is 0.264 e. The molecular weight excluding hydrogens is 1030 g/mol. The molecule has 0 bridgehead atoms. The van der Waals surface area contributed by atoms with Gasteiger partial charge in [0.05, 0.1) is 22.6 Å². The summed E-state index contributed by atoms with van der Waals surface area (Å²) in [7, 11) is 0. The average molecular weight is 1100 g/mol. The van der Waals surface area contributed by atoms with Crippen LogP contribution in [0.1, 0.15) is 143 Å². The molecule has 1 aliphatic carbocycles. The lowest BCUT2D eigenvalue weighted by Gasteiger charge is -2.43.